The number of benzene rings is 1. The van der Waals surface area contributed by atoms with E-state index in [0.29, 0.717) is 18.0 Å². The van der Waals surface area contributed by atoms with Crippen molar-refractivity contribution in [2.24, 2.45) is 5.92 Å². The number of amides is 1. The molecule has 114 valence electrons. The lowest BCUT2D eigenvalue weighted by atomic mass is 10.1. The van der Waals surface area contributed by atoms with Crippen LogP contribution in [0.25, 0.3) is 11.4 Å². The first-order chi connectivity index (χ1) is 10.5. The second kappa shape index (κ2) is 5.63. The fraction of sp³-hybridized carbons (Fsp3) is 0.312. The lowest BCUT2D eigenvalue weighted by molar-refractivity contribution is 0.0943. The molecule has 0 bridgehead atoms. The molecule has 0 radical (unpaired) electrons. The topological polar surface area (TPSA) is 95.1 Å². The monoisotopic (exact) mass is 299 g/mol. The zero-order chi connectivity index (χ0) is 15.7. The Balaban J connectivity index is 1.95. The van der Waals surface area contributed by atoms with E-state index in [1.807, 2.05) is 25.1 Å². The summed E-state index contributed by atoms with van der Waals surface area (Å²) >= 11 is 0. The maximum atomic E-state index is 12.1. The maximum Gasteiger partial charge on any atom is 0.294 e. The van der Waals surface area contributed by atoms with Gasteiger partial charge in [-0.15, -0.1) is 0 Å². The third kappa shape index (κ3) is 3.00. The number of aryl methyl sites for hydroxylation is 1. The number of nitrogens with zero attached hydrogens (tertiary/aromatic N) is 1. The molecule has 6 nitrogen and oxygen atoms in total. The molecule has 1 aliphatic carbocycles. The van der Waals surface area contributed by atoms with Crippen molar-refractivity contribution in [2.75, 3.05) is 6.54 Å². The van der Waals surface area contributed by atoms with Gasteiger partial charge >= 0.3 is 0 Å². The predicted molar refractivity (Wildman–Crippen MR) is 81.8 cm³/mol. The average molecular weight is 299 g/mol. The van der Waals surface area contributed by atoms with Crippen LogP contribution in [0.4, 0.5) is 0 Å². The summed E-state index contributed by atoms with van der Waals surface area (Å²) in [6, 6.07) is 7.39. The molecular formula is C16H17N3O3. The minimum Gasteiger partial charge on any atom is -0.501 e. The van der Waals surface area contributed by atoms with Gasteiger partial charge in [0.15, 0.2) is 5.69 Å². The SMILES string of the molecule is Cc1cccc(-c2nc(C(=O)NCC3CC3)c(O)c(=O)[nH]2)c1. The van der Waals surface area contributed by atoms with Gasteiger partial charge in [0.25, 0.3) is 11.5 Å². The molecule has 3 rings (SSSR count). The molecule has 6 heteroatoms. The van der Waals surface area contributed by atoms with Gasteiger partial charge in [0.2, 0.25) is 5.75 Å². The van der Waals surface area contributed by atoms with E-state index in [-0.39, 0.29) is 11.5 Å². The number of aromatic amines is 1. The number of aromatic nitrogens is 2. The van der Waals surface area contributed by atoms with Gasteiger partial charge in [-0.3, -0.25) is 9.59 Å². The van der Waals surface area contributed by atoms with Crippen molar-refractivity contribution in [3.8, 4) is 17.1 Å². The highest BCUT2D eigenvalue weighted by molar-refractivity contribution is 5.95. The largest absolute Gasteiger partial charge is 0.501 e. The van der Waals surface area contributed by atoms with Crippen molar-refractivity contribution in [1.82, 2.24) is 15.3 Å². The summed E-state index contributed by atoms with van der Waals surface area (Å²) in [5, 5.41) is 12.5. The number of aromatic hydroxyl groups is 1. The highest BCUT2D eigenvalue weighted by Crippen LogP contribution is 2.27. The predicted octanol–water partition coefficient (Wildman–Crippen LogP) is 1.59. The highest BCUT2D eigenvalue weighted by Gasteiger charge is 2.24. The molecule has 1 aliphatic rings. The van der Waals surface area contributed by atoms with E-state index in [1.54, 1.807) is 6.07 Å². The van der Waals surface area contributed by atoms with Crippen LogP contribution in [0.15, 0.2) is 29.1 Å². The minimum atomic E-state index is -0.719. The Hall–Kier alpha value is -2.63. The molecule has 22 heavy (non-hydrogen) atoms. The molecule has 3 N–H and O–H groups in total. The Labute approximate surface area is 127 Å². The van der Waals surface area contributed by atoms with Crippen LogP contribution < -0.4 is 10.9 Å². The molecule has 0 unspecified atom stereocenters. The zero-order valence-electron chi connectivity index (χ0n) is 12.2. The summed E-state index contributed by atoms with van der Waals surface area (Å²) in [5.41, 5.74) is 0.741. The first kappa shape index (κ1) is 14.3. The van der Waals surface area contributed by atoms with Crippen molar-refractivity contribution >= 4 is 5.91 Å². The third-order valence-electron chi connectivity index (χ3n) is 3.65. The Morgan fingerprint density at radius 1 is 1.45 bits per heavy atom. The Kier molecular flexibility index (Phi) is 3.66. The van der Waals surface area contributed by atoms with E-state index in [4.69, 9.17) is 0 Å². The van der Waals surface area contributed by atoms with Crippen molar-refractivity contribution < 1.29 is 9.90 Å². The number of carbonyl (C=O) groups excluding carboxylic acids is 1. The van der Waals surface area contributed by atoms with Gasteiger partial charge in [0, 0.05) is 12.1 Å². The molecule has 1 saturated carbocycles. The van der Waals surface area contributed by atoms with E-state index in [1.165, 1.54) is 0 Å². The van der Waals surface area contributed by atoms with Crippen LogP contribution in [-0.2, 0) is 0 Å². The Bertz CT molecular complexity index is 778. The summed E-state index contributed by atoms with van der Waals surface area (Å²) in [6.45, 7) is 2.47. The molecule has 0 spiro atoms. The van der Waals surface area contributed by atoms with E-state index >= 15 is 0 Å². The van der Waals surface area contributed by atoms with E-state index in [2.05, 4.69) is 15.3 Å². The maximum absolute atomic E-state index is 12.1. The Morgan fingerprint density at radius 2 is 2.23 bits per heavy atom. The van der Waals surface area contributed by atoms with Gasteiger partial charge in [-0.25, -0.2) is 4.98 Å². The molecule has 1 amide bonds. The van der Waals surface area contributed by atoms with Crippen LogP contribution in [0.1, 0.15) is 28.9 Å². The van der Waals surface area contributed by atoms with Gasteiger partial charge in [-0.05, 0) is 31.7 Å². The molecule has 0 aliphatic heterocycles. The van der Waals surface area contributed by atoms with E-state index in [0.717, 1.165) is 18.4 Å². The van der Waals surface area contributed by atoms with Gasteiger partial charge in [-0.2, -0.15) is 0 Å². The number of H-pyrrole nitrogens is 1. The molecule has 0 saturated heterocycles. The van der Waals surface area contributed by atoms with E-state index in [9.17, 15) is 14.7 Å². The highest BCUT2D eigenvalue weighted by atomic mass is 16.3. The number of rotatable bonds is 4. The molecule has 1 aromatic carbocycles. The lowest BCUT2D eigenvalue weighted by Gasteiger charge is -2.08. The van der Waals surface area contributed by atoms with Crippen LogP contribution in [-0.4, -0.2) is 27.5 Å². The van der Waals surface area contributed by atoms with Crippen LogP contribution in [0.3, 0.4) is 0 Å². The molecule has 2 aromatic rings. The van der Waals surface area contributed by atoms with Crippen molar-refractivity contribution in [2.45, 2.75) is 19.8 Å². The summed E-state index contributed by atoms with van der Waals surface area (Å²) in [6.07, 6.45) is 2.20. The molecule has 1 fully saturated rings. The second-order valence-electron chi connectivity index (χ2n) is 5.63. The standard InChI is InChI=1S/C16H17N3O3/c1-9-3-2-4-11(7-9)14-18-12(13(20)16(22)19-14)15(21)17-8-10-5-6-10/h2-4,7,10,20H,5-6,8H2,1H3,(H,17,21)(H,18,19,22). The second-order valence-corrected chi connectivity index (χ2v) is 5.63. The summed E-state index contributed by atoms with van der Waals surface area (Å²) in [7, 11) is 0. The summed E-state index contributed by atoms with van der Waals surface area (Å²) in [4.78, 5) is 30.6. The fourth-order valence-corrected chi connectivity index (χ4v) is 2.20. The molecule has 1 heterocycles. The van der Waals surface area contributed by atoms with Gasteiger partial charge < -0.3 is 15.4 Å². The third-order valence-corrected chi connectivity index (χ3v) is 3.65. The number of nitrogens with one attached hydrogen (secondary N) is 2. The molecule has 1 aromatic heterocycles. The first-order valence-electron chi connectivity index (χ1n) is 7.23. The summed E-state index contributed by atoms with van der Waals surface area (Å²) in [5.74, 6) is -0.401. The number of carbonyl (C=O) groups is 1. The molecular weight excluding hydrogens is 282 g/mol. The zero-order valence-corrected chi connectivity index (χ0v) is 12.2. The van der Waals surface area contributed by atoms with Crippen LogP contribution in [0.2, 0.25) is 0 Å². The van der Waals surface area contributed by atoms with E-state index < -0.39 is 17.2 Å². The average Bonchev–Trinajstić information content (AvgIpc) is 3.31. The van der Waals surface area contributed by atoms with Crippen LogP contribution >= 0.6 is 0 Å². The fourth-order valence-electron chi connectivity index (χ4n) is 2.20. The van der Waals surface area contributed by atoms with Crippen molar-refractivity contribution in [3.05, 3.63) is 45.9 Å². The Morgan fingerprint density at radius 3 is 2.91 bits per heavy atom. The lowest BCUT2D eigenvalue weighted by Crippen LogP contribution is -2.28. The van der Waals surface area contributed by atoms with Crippen molar-refractivity contribution in [3.63, 3.8) is 0 Å². The smallest absolute Gasteiger partial charge is 0.294 e. The van der Waals surface area contributed by atoms with Crippen LogP contribution in [0, 0.1) is 12.8 Å². The summed E-state index contributed by atoms with van der Waals surface area (Å²) < 4.78 is 0. The number of hydrogen-bond donors (Lipinski definition) is 3. The van der Waals surface area contributed by atoms with Gasteiger partial charge in [0.05, 0.1) is 0 Å². The molecule has 0 atom stereocenters. The normalized spacial score (nSPS) is 13.9. The van der Waals surface area contributed by atoms with Crippen LogP contribution in [0.5, 0.6) is 5.75 Å². The minimum absolute atomic E-state index is 0.235. The quantitative estimate of drug-likeness (QED) is 0.799. The first-order valence-corrected chi connectivity index (χ1v) is 7.23. The number of hydrogen-bond acceptors (Lipinski definition) is 4. The van der Waals surface area contributed by atoms with Crippen molar-refractivity contribution in [1.29, 1.82) is 0 Å². The van der Waals surface area contributed by atoms with Gasteiger partial charge in [-0.1, -0.05) is 23.8 Å². The van der Waals surface area contributed by atoms with Gasteiger partial charge in [0.1, 0.15) is 5.82 Å².